The first-order valence-corrected chi connectivity index (χ1v) is 5.52. The average Bonchev–Trinajstić information content (AvgIpc) is 2.41. The maximum absolute atomic E-state index is 13.2. The van der Waals surface area contributed by atoms with Crippen molar-refractivity contribution in [3.63, 3.8) is 0 Å². The van der Waals surface area contributed by atoms with E-state index < -0.39 is 11.6 Å². The SMILES string of the molecule is O=C1COc2ccc(-c3ccc(F)c(F)c3)nc2N1. The van der Waals surface area contributed by atoms with Gasteiger partial charge in [-0.1, -0.05) is 0 Å². The molecule has 0 radical (unpaired) electrons. The number of benzene rings is 1. The number of anilines is 1. The topological polar surface area (TPSA) is 51.2 Å². The van der Waals surface area contributed by atoms with E-state index in [2.05, 4.69) is 10.3 Å². The number of carbonyl (C=O) groups is 1. The molecule has 1 aliphatic rings. The molecule has 1 aromatic heterocycles. The van der Waals surface area contributed by atoms with Crippen molar-refractivity contribution in [1.29, 1.82) is 0 Å². The molecule has 0 spiro atoms. The number of hydrogen-bond donors (Lipinski definition) is 1. The number of carbonyl (C=O) groups excluding carboxylic acids is 1. The van der Waals surface area contributed by atoms with Gasteiger partial charge in [0.2, 0.25) is 0 Å². The summed E-state index contributed by atoms with van der Waals surface area (Å²) in [6.45, 7) is -0.0563. The third kappa shape index (κ3) is 2.12. The molecule has 0 fully saturated rings. The standard InChI is InChI=1S/C13H8F2N2O2/c14-8-2-1-7(5-9(8)15)10-3-4-11-13(16-10)17-12(18)6-19-11/h1-5H,6H2,(H,16,17,18). The Hall–Kier alpha value is -2.50. The number of rotatable bonds is 1. The average molecular weight is 262 g/mol. The number of fused-ring (bicyclic) bond motifs is 1. The van der Waals surface area contributed by atoms with Crippen LogP contribution in [-0.4, -0.2) is 17.5 Å². The van der Waals surface area contributed by atoms with Crippen molar-refractivity contribution >= 4 is 11.7 Å². The van der Waals surface area contributed by atoms with Crippen molar-refractivity contribution in [2.75, 3.05) is 11.9 Å². The minimum Gasteiger partial charge on any atom is -0.480 e. The summed E-state index contributed by atoms with van der Waals surface area (Å²) in [6, 6.07) is 6.73. The van der Waals surface area contributed by atoms with Crippen molar-refractivity contribution in [2.24, 2.45) is 0 Å². The van der Waals surface area contributed by atoms with Crippen molar-refractivity contribution in [3.05, 3.63) is 42.0 Å². The van der Waals surface area contributed by atoms with Crippen LogP contribution in [-0.2, 0) is 4.79 Å². The lowest BCUT2D eigenvalue weighted by Crippen LogP contribution is -2.26. The fraction of sp³-hybridized carbons (Fsp3) is 0.0769. The normalized spacial score (nSPS) is 13.5. The molecule has 0 aliphatic carbocycles. The van der Waals surface area contributed by atoms with Gasteiger partial charge in [-0.3, -0.25) is 4.79 Å². The van der Waals surface area contributed by atoms with Crippen LogP contribution in [0.2, 0.25) is 0 Å². The molecule has 4 nitrogen and oxygen atoms in total. The zero-order chi connectivity index (χ0) is 13.4. The highest BCUT2D eigenvalue weighted by Crippen LogP contribution is 2.29. The molecule has 0 atom stereocenters. The summed E-state index contributed by atoms with van der Waals surface area (Å²) in [6.07, 6.45) is 0. The van der Waals surface area contributed by atoms with Gasteiger partial charge in [0.05, 0.1) is 5.69 Å². The Labute approximate surface area is 107 Å². The molecule has 0 saturated carbocycles. The smallest absolute Gasteiger partial charge is 0.263 e. The lowest BCUT2D eigenvalue weighted by atomic mass is 10.1. The number of nitrogens with zero attached hydrogens (tertiary/aromatic N) is 1. The van der Waals surface area contributed by atoms with Gasteiger partial charge in [0.25, 0.3) is 5.91 Å². The number of amides is 1. The highest BCUT2D eigenvalue weighted by Gasteiger charge is 2.18. The summed E-state index contributed by atoms with van der Waals surface area (Å²) in [5.74, 6) is -1.44. The Balaban J connectivity index is 2.03. The molecule has 3 rings (SSSR count). The Kier molecular flexibility index (Phi) is 2.63. The van der Waals surface area contributed by atoms with E-state index in [-0.39, 0.29) is 18.3 Å². The lowest BCUT2D eigenvalue weighted by molar-refractivity contribution is -0.118. The third-order valence-electron chi connectivity index (χ3n) is 2.69. The van der Waals surface area contributed by atoms with Crippen molar-refractivity contribution in [2.45, 2.75) is 0 Å². The van der Waals surface area contributed by atoms with Gasteiger partial charge in [-0.15, -0.1) is 0 Å². The van der Waals surface area contributed by atoms with Gasteiger partial charge < -0.3 is 10.1 Å². The van der Waals surface area contributed by atoms with E-state index in [9.17, 15) is 13.6 Å². The molecule has 1 aliphatic heterocycles. The largest absolute Gasteiger partial charge is 0.480 e. The Morgan fingerprint density at radius 2 is 2.00 bits per heavy atom. The van der Waals surface area contributed by atoms with Gasteiger partial charge in [-0.2, -0.15) is 0 Å². The first-order valence-electron chi connectivity index (χ1n) is 5.52. The van der Waals surface area contributed by atoms with Crippen LogP contribution in [0.4, 0.5) is 14.6 Å². The van der Waals surface area contributed by atoms with Crippen molar-refractivity contribution in [3.8, 4) is 17.0 Å². The Morgan fingerprint density at radius 3 is 2.79 bits per heavy atom. The van der Waals surface area contributed by atoms with Gasteiger partial charge in [-0.05, 0) is 30.3 Å². The Morgan fingerprint density at radius 1 is 1.16 bits per heavy atom. The van der Waals surface area contributed by atoms with Gasteiger partial charge >= 0.3 is 0 Å². The fourth-order valence-electron chi connectivity index (χ4n) is 1.78. The highest BCUT2D eigenvalue weighted by atomic mass is 19.2. The molecule has 0 bridgehead atoms. The number of halogens is 2. The van der Waals surface area contributed by atoms with Gasteiger partial charge in [-0.25, -0.2) is 13.8 Å². The minimum atomic E-state index is -0.947. The summed E-state index contributed by atoms with van der Waals surface area (Å²) in [5.41, 5.74) is 0.838. The molecule has 0 saturated heterocycles. The van der Waals surface area contributed by atoms with Crippen LogP contribution in [0, 0.1) is 11.6 Å². The van der Waals surface area contributed by atoms with E-state index in [4.69, 9.17) is 4.74 Å². The molecule has 2 heterocycles. The van der Waals surface area contributed by atoms with Crippen molar-refractivity contribution < 1.29 is 18.3 Å². The predicted molar refractivity (Wildman–Crippen MR) is 63.7 cm³/mol. The number of pyridine rings is 1. The van der Waals surface area contributed by atoms with Crippen LogP contribution in [0.1, 0.15) is 0 Å². The molecular weight excluding hydrogens is 254 g/mol. The zero-order valence-corrected chi connectivity index (χ0v) is 9.61. The molecule has 1 amide bonds. The first-order chi connectivity index (χ1) is 9.13. The van der Waals surface area contributed by atoms with E-state index in [1.165, 1.54) is 6.07 Å². The highest BCUT2D eigenvalue weighted by molar-refractivity contribution is 5.94. The van der Waals surface area contributed by atoms with Crippen LogP contribution in [0.3, 0.4) is 0 Å². The van der Waals surface area contributed by atoms with Gasteiger partial charge in [0.1, 0.15) is 0 Å². The van der Waals surface area contributed by atoms with Crippen LogP contribution in [0.5, 0.6) is 5.75 Å². The third-order valence-corrected chi connectivity index (χ3v) is 2.69. The molecule has 1 aromatic carbocycles. The van der Waals surface area contributed by atoms with Crippen LogP contribution in [0.25, 0.3) is 11.3 Å². The number of ether oxygens (including phenoxy) is 1. The molecule has 0 unspecified atom stereocenters. The van der Waals surface area contributed by atoms with Crippen LogP contribution >= 0.6 is 0 Å². The molecule has 6 heteroatoms. The van der Waals surface area contributed by atoms with E-state index in [0.717, 1.165) is 12.1 Å². The summed E-state index contributed by atoms with van der Waals surface area (Å²) in [5, 5.41) is 2.55. The molecular formula is C13H8F2N2O2. The number of hydrogen-bond acceptors (Lipinski definition) is 3. The summed E-state index contributed by atoms with van der Waals surface area (Å²) in [4.78, 5) is 15.3. The fourth-order valence-corrected chi connectivity index (χ4v) is 1.78. The van der Waals surface area contributed by atoms with Crippen molar-refractivity contribution in [1.82, 2.24) is 4.98 Å². The molecule has 1 N–H and O–H groups in total. The van der Waals surface area contributed by atoms with Gasteiger partial charge in [0, 0.05) is 5.56 Å². The zero-order valence-electron chi connectivity index (χ0n) is 9.61. The number of aromatic nitrogens is 1. The van der Waals surface area contributed by atoms with E-state index >= 15 is 0 Å². The second kappa shape index (κ2) is 4.31. The van der Waals surface area contributed by atoms with Crippen LogP contribution in [0.15, 0.2) is 30.3 Å². The maximum Gasteiger partial charge on any atom is 0.263 e. The maximum atomic E-state index is 13.2. The minimum absolute atomic E-state index is 0.0563. The first kappa shape index (κ1) is 11.6. The van der Waals surface area contributed by atoms with E-state index in [0.29, 0.717) is 17.0 Å². The predicted octanol–water partition coefficient (Wildman–Crippen LogP) is 2.36. The number of nitrogens with one attached hydrogen (secondary N) is 1. The van der Waals surface area contributed by atoms with Gasteiger partial charge in [0.15, 0.2) is 29.8 Å². The molecule has 96 valence electrons. The quantitative estimate of drug-likeness (QED) is 0.858. The second-order valence-corrected chi connectivity index (χ2v) is 4.01. The van der Waals surface area contributed by atoms with Crippen LogP contribution < -0.4 is 10.1 Å². The monoisotopic (exact) mass is 262 g/mol. The second-order valence-electron chi connectivity index (χ2n) is 4.01. The summed E-state index contributed by atoms with van der Waals surface area (Å²) >= 11 is 0. The Bertz CT molecular complexity index is 674. The molecule has 2 aromatic rings. The molecule has 19 heavy (non-hydrogen) atoms. The van der Waals surface area contributed by atoms with E-state index in [1.54, 1.807) is 12.1 Å². The summed E-state index contributed by atoms with van der Waals surface area (Å²) < 4.78 is 31.2. The summed E-state index contributed by atoms with van der Waals surface area (Å²) in [7, 11) is 0. The lowest BCUT2D eigenvalue weighted by Gasteiger charge is -2.17. The van der Waals surface area contributed by atoms with E-state index in [1.807, 2.05) is 0 Å².